The molecule has 2 aromatic rings. The van der Waals surface area contributed by atoms with E-state index in [0.29, 0.717) is 13.2 Å². The molecule has 0 heterocycles. The van der Waals surface area contributed by atoms with Crippen LogP contribution < -0.4 is 0 Å². The fraction of sp³-hybridized carbons (Fsp3) is 0.143. The third kappa shape index (κ3) is 4.73. The van der Waals surface area contributed by atoms with Gasteiger partial charge in [0, 0.05) is 0 Å². The van der Waals surface area contributed by atoms with E-state index in [9.17, 15) is 3.44 Å². The predicted octanol–water partition coefficient (Wildman–Crippen LogP) is 3.66. The van der Waals surface area contributed by atoms with Crippen LogP contribution in [0.5, 0.6) is 0 Å². The van der Waals surface area contributed by atoms with Gasteiger partial charge in [-0.25, -0.2) is 0 Å². The Hall–Kier alpha value is -0.950. The van der Waals surface area contributed by atoms with Gasteiger partial charge in [-0.15, -0.1) is 0 Å². The van der Waals surface area contributed by atoms with E-state index in [0.717, 1.165) is 11.1 Å². The Bertz CT molecular complexity index is 404. The number of hydrogen-bond acceptors (Lipinski definition) is 3. The molecule has 0 bridgehead atoms. The SMILES string of the molecule is OI(OCc1ccccc1)OCc1ccccc1. The second-order valence-electron chi connectivity index (χ2n) is 3.68. The van der Waals surface area contributed by atoms with E-state index in [1.807, 2.05) is 60.7 Å². The van der Waals surface area contributed by atoms with Crippen LogP contribution in [0.2, 0.25) is 0 Å². The fourth-order valence-electron chi connectivity index (χ4n) is 1.40. The van der Waals surface area contributed by atoms with E-state index >= 15 is 0 Å². The van der Waals surface area contributed by atoms with Crippen molar-refractivity contribution in [1.82, 2.24) is 0 Å². The van der Waals surface area contributed by atoms with Gasteiger partial charge in [0.05, 0.1) is 0 Å². The summed E-state index contributed by atoms with van der Waals surface area (Å²) in [5.74, 6) is 0. The third-order valence-electron chi connectivity index (χ3n) is 2.31. The molecule has 1 N–H and O–H groups in total. The zero-order valence-electron chi connectivity index (χ0n) is 9.83. The Morgan fingerprint density at radius 2 is 1.11 bits per heavy atom. The monoisotopic (exact) mass is 358 g/mol. The van der Waals surface area contributed by atoms with Gasteiger partial charge in [-0.2, -0.15) is 0 Å². The minimum absolute atomic E-state index is 0.400. The summed E-state index contributed by atoms with van der Waals surface area (Å²) < 4.78 is 20.4. The van der Waals surface area contributed by atoms with Crippen molar-refractivity contribution in [3.63, 3.8) is 0 Å². The number of benzene rings is 2. The van der Waals surface area contributed by atoms with E-state index in [1.165, 1.54) is 0 Å². The quantitative estimate of drug-likeness (QED) is 0.801. The Morgan fingerprint density at radius 1 is 0.722 bits per heavy atom. The Morgan fingerprint density at radius 3 is 1.50 bits per heavy atom. The van der Waals surface area contributed by atoms with Crippen LogP contribution in [0.1, 0.15) is 11.1 Å². The Labute approximate surface area is 115 Å². The van der Waals surface area contributed by atoms with Gasteiger partial charge in [0.25, 0.3) is 0 Å². The van der Waals surface area contributed by atoms with Gasteiger partial charge in [-0.3, -0.25) is 0 Å². The van der Waals surface area contributed by atoms with Gasteiger partial charge in [0.15, 0.2) is 0 Å². The van der Waals surface area contributed by atoms with E-state index in [2.05, 4.69) is 0 Å². The summed E-state index contributed by atoms with van der Waals surface area (Å²) in [4.78, 5) is 0. The van der Waals surface area contributed by atoms with Crippen molar-refractivity contribution in [3.05, 3.63) is 71.8 Å². The van der Waals surface area contributed by atoms with Crippen LogP contribution in [0.3, 0.4) is 0 Å². The minimum atomic E-state index is -2.71. The Kier molecular flexibility index (Phi) is 5.60. The standard InChI is InChI=1S/C14H15IO3/c16-15(17-11-13-7-3-1-4-8-13)18-12-14-9-5-2-6-10-14/h1-10,16H,11-12H2. The van der Waals surface area contributed by atoms with Gasteiger partial charge in [0.1, 0.15) is 0 Å². The van der Waals surface area contributed by atoms with Crippen LogP contribution in [0.25, 0.3) is 0 Å². The summed E-state index contributed by atoms with van der Waals surface area (Å²) in [6.45, 7) is 0.800. The van der Waals surface area contributed by atoms with Crippen LogP contribution in [0.15, 0.2) is 60.7 Å². The van der Waals surface area contributed by atoms with Crippen LogP contribution >= 0.6 is 21.1 Å². The number of hydrogen-bond donors (Lipinski definition) is 1. The maximum absolute atomic E-state index is 9.68. The summed E-state index contributed by atoms with van der Waals surface area (Å²) in [6, 6.07) is 19.5. The first-order chi connectivity index (χ1) is 8.84. The molecule has 18 heavy (non-hydrogen) atoms. The molecule has 0 spiro atoms. The van der Waals surface area contributed by atoms with Crippen molar-refractivity contribution in [2.24, 2.45) is 0 Å². The molecule has 3 nitrogen and oxygen atoms in total. The second-order valence-corrected chi connectivity index (χ2v) is 6.07. The van der Waals surface area contributed by atoms with Gasteiger partial charge >= 0.3 is 116 Å². The van der Waals surface area contributed by atoms with Gasteiger partial charge in [-0.05, 0) is 0 Å². The molecule has 0 saturated heterocycles. The zero-order chi connectivity index (χ0) is 12.6. The summed E-state index contributed by atoms with van der Waals surface area (Å²) in [7, 11) is 0. The fourth-order valence-corrected chi connectivity index (χ4v) is 2.83. The normalized spacial score (nSPS) is 11.3. The molecule has 0 aliphatic heterocycles. The van der Waals surface area contributed by atoms with Crippen molar-refractivity contribution in [2.45, 2.75) is 13.2 Å². The molecule has 2 aromatic carbocycles. The molecule has 0 fully saturated rings. The first-order valence-electron chi connectivity index (χ1n) is 5.58. The molecule has 0 atom stereocenters. The Balaban J connectivity index is 1.71. The molecule has 4 heteroatoms. The van der Waals surface area contributed by atoms with Crippen molar-refractivity contribution < 1.29 is 9.57 Å². The molecule has 0 aliphatic rings. The molecule has 0 unspecified atom stereocenters. The average Bonchev–Trinajstić information content (AvgIpc) is 2.45. The summed E-state index contributed by atoms with van der Waals surface area (Å²) in [5, 5.41) is 0. The first-order valence-corrected chi connectivity index (χ1v) is 8.31. The summed E-state index contributed by atoms with van der Waals surface area (Å²) >= 11 is -2.71. The molecule has 96 valence electrons. The van der Waals surface area contributed by atoms with E-state index in [1.54, 1.807) is 0 Å². The topological polar surface area (TPSA) is 38.7 Å². The molecular weight excluding hydrogens is 343 g/mol. The van der Waals surface area contributed by atoms with Crippen LogP contribution in [-0.2, 0) is 19.3 Å². The molecule has 0 amide bonds. The molecule has 0 radical (unpaired) electrons. The maximum atomic E-state index is 9.68. The predicted molar refractivity (Wildman–Crippen MR) is 78.7 cm³/mol. The first kappa shape index (κ1) is 13.5. The molecule has 0 saturated carbocycles. The van der Waals surface area contributed by atoms with Crippen molar-refractivity contribution >= 4 is 21.1 Å². The van der Waals surface area contributed by atoms with Crippen LogP contribution in [0, 0.1) is 0 Å². The van der Waals surface area contributed by atoms with Crippen molar-refractivity contribution in [3.8, 4) is 0 Å². The van der Waals surface area contributed by atoms with Crippen LogP contribution in [-0.4, -0.2) is 3.44 Å². The molecular formula is C14H15IO3. The van der Waals surface area contributed by atoms with E-state index in [4.69, 9.17) is 6.13 Å². The van der Waals surface area contributed by atoms with Gasteiger partial charge in [0.2, 0.25) is 0 Å². The van der Waals surface area contributed by atoms with Gasteiger partial charge < -0.3 is 0 Å². The van der Waals surface area contributed by atoms with Crippen LogP contribution in [0.4, 0.5) is 0 Å². The summed E-state index contributed by atoms with van der Waals surface area (Å²) in [5.41, 5.74) is 2.08. The zero-order valence-corrected chi connectivity index (χ0v) is 12.0. The third-order valence-corrected chi connectivity index (χ3v) is 4.00. The molecule has 2 rings (SSSR count). The van der Waals surface area contributed by atoms with E-state index < -0.39 is 21.1 Å². The van der Waals surface area contributed by atoms with Crippen molar-refractivity contribution in [1.29, 1.82) is 0 Å². The van der Waals surface area contributed by atoms with Crippen molar-refractivity contribution in [2.75, 3.05) is 0 Å². The van der Waals surface area contributed by atoms with Gasteiger partial charge in [-0.1, -0.05) is 0 Å². The number of rotatable bonds is 6. The number of halogens is 1. The van der Waals surface area contributed by atoms with E-state index in [-0.39, 0.29) is 0 Å². The average molecular weight is 358 g/mol. The summed E-state index contributed by atoms with van der Waals surface area (Å²) in [6.07, 6.45) is 0. The molecule has 0 aliphatic carbocycles. The molecule has 0 aromatic heterocycles. The second kappa shape index (κ2) is 7.48.